The number of anilines is 1. The number of piperidine rings is 1. The van der Waals surface area contributed by atoms with Gasteiger partial charge in [0.25, 0.3) is 0 Å². The van der Waals surface area contributed by atoms with E-state index in [9.17, 15) is 14.4 Å². The van der Waals surface area contributed by atoms with E-state index >= 15 is 0 Å². The minimum atomic E-state index is -0.738. The first-order valence-corrected chi connectivity index (χ1v) is 12.4. The number of carbonyl (C=O) groups excluding carboxylic acids is 1. The molecule has 0 aliphatic carbocycles. The Hall–Kier alpha value is -2.60. The number of carboxylic acids is 1. The van der Waals surface area contributed by atoms with E-state index < -0.39 is 11.7 Å². The van der Waals surface area contributed by atoms with E-state index in [-0.39, 0.29) is 18.6 Å². The molecule has 0 bridgehead atoms. The molecule has 3 fully saturated rings. The summed E-state index contributed by atoms with van der Waals surface area (Å²) < 4.78 is 10.2. The number of piperazine rings is 1. The van der Waals surface area contributed by atoms with Crippen molar-refractivity contribution in [3.8, 4) is 0 Å². The molecule has 1 aromatic heterocycles. The summed E-state index contributed by atoms with van der Waals surface area (Å²) in [6, 6.07) is 0. The van der Waals surface area contributed by atoms with Crippen molar-refractivity contribution in [2.45, 2.75) is 44.6 Å². The summed E-state index contributed by atoms with van der Waals surface area (Å²) in [5.41, 5.74) is 0. The normalized spacial score (nSPS) is 22.9. The molecule has 0 aromatic carbocycles. The van der Waals surface area contributed by atoms with Crippen LogP contribution in [0.5, 0.6) is 0 Å². The molecule has 12 nitrogen and oxygen atoms in total. The van der Waals surface area contributed by atoms with Gasteiger partial charge in [-0.05, 0) is 49.7 Å². The maximum atomic E-state index is 12.3. The maximum absolute atomic E-state index is 12.3. The highest BCUT2D eigenvalue weighted by atomic mass is 16.6. The van der Waals surface area contributed by atoms with Crippen molar-refractivity contribution >= 4 is 18.0 Å². The van der Waals surface area contributed by atoms with E-state index in [0.29, 0.717) is 24.8 Å². The number of hydrogen-bond acceptors (Lipinski definition) is 9. The van der Waals surface area contributed by atoms with Crippen LogP contribution in [0.15, 0.2) is 9.32 Å². The van der Waals surface area contributed by atoms with Gasteiger partial charge in [0.15, 0.2) is 0 Å². The Bertz CT molecular complexity index is 858. The van der Waals surface area contributed by atoms with E-state index in [0.717, 1.165) is 84.6 Å². The number of H-pyrrole nitrogens is 1. The number of aliphatic carboxylic acids is 1. The third-order valence-corrected chi connectivity index (χ3v) is 7.12. The van der Waals surface area contributed by atoms with E-state index in [1.807, 2.05) is 9.80 Å². The summed E-state index contributed by atoms with van der Waals surface area (Å²) in [6.07, 6.45) is 4.71. The Balaban J connectivity index is 1.08. The van der Waals surface area contributed by atoms with Gasteiger partial charge in [-0.25, -0.2) is 9.59 Å². The molecule has 2 N–H and O–H groups in total. The molecule has 3 saturated heterocycles. The van der Waals surface area contributed by atoms with Crippen LogP contribution in [0.25, 0.3) is 0 Å². The van der Waals surface area contributed by atoms with Gasteiger partial charge in [0, 0.05) is 58.8 Å². The Morgan fingerprint density at radius 3 is 2.44 bits per heavy atom. The average Bonchev–Trinajstić information content (AvgIpc) is 3.40. The molecule has 4 heterocycles. The van der Waals surface area contributed by atoms with Crippen LogP contribution in [-0.4, -0.2) is 114 Å². The summed E-state index contributed by atoms with van der Waals surface area (Å²) in [5.74, 6) is -0.147. The van der Waals surface area contributed by atoms with Crippen LogP contribution in [0.3, 0.4) is 0 Å². The molecular weight excluding hydrogens is 444 g/mol. The number of ether oxygens (including phenoxy) is 1. The van der Waals surface area contributed by atoms with Crippen LogP contribution < -0.4 is 10.7 Å². The van der Waals surface area contributed by atoms with Crippen molar-refractivity contribution in [2.24, 2.45) is 5.92 Å². The fourth-order valence-electron chi connectivity index (χ4n) is 5.15. The van der Waals surface area contributed by atoms with Crippen LogP contribution >= 0.6 is 0 Å². The van der Waals surface area contributed by atoms with Crippen molar-refractivity contribution in [2.75, 3.05) is 70.3 Å². The van der Waals surface area contributed by atoms with Crippen LogP contribution in [-0.2, 0) is 9.53 Å². The van der Waals surface area contributed by atoms with Gasteiger partial charge in [-0.15, -0.1) is 0 Å². The molecule has 12 heteroatoms. The standard InChI is InChI=1S/C22H36N6O6/c29-19(30)4-2-7-25-11-13-26(14-12-25)15-18-16-28(22(32)33-18)8-1-3-17-5-9-27(10-6-17)20-23-21(31)34-24-20/h17-18H,1-16H2,(H,29,30)(H,23,24,31). The molecule has 4 rings (SSSR count). The van der Waals surface area contributed by atoms with Gasteiger partial charge in [-0.1, -0.05) is 0 Å². The quantitative estimate of drug-likeness (QED) is 0.465. The van der Waals surface area contributed by atoms with Crippen LogP contribution in [0.4, 0.5) is 10.7 Å². The van der Waals surface area contributed by atoms with Crippen molar-refractivity contribution in [1.82, 2.24) is 24.8 Å². The summed E-state index contributed by atoms with van der Waals surface area (Å²) in [4.78, 5) is 45.2. The lowest BCUT2D eigenvalue weighted by molar-refractivity contribution is -0.137. The van der Waals surface area contributed by atoms with Crippen LogP contribution in [0.2, 0.25) is 0 Å². The van der Waals surface area contributed by atoms with Gasteiger partial charge in [0.05, 0.1) is 6.54 Å². The average molecular weight is 481 g/mol. The van der Waals surface area contributed by atoms with Crippen molar-refractivity contribution in [3.63, 3.8) is 0 Å². The molecule has 0 radical (unpaired) electrons. The predicted octanol–water partition coefficient (Wildman–Crippen LogP) is 0.663. The molecule has 1 amide bonds. The first-order chi connectivity index (χ1) is 16.5. The lowest BCUT2D eigenvalue weighted by Gasteiger charge is -2.35. The number of carbonyl (C=O) groups is 2. The summed E-state index contributed by atoms with van der Waals surface area (Å²) >= 11 is 0. The fourth-order valence-corrected chi connectivity index (χ4v) is 5.15. The number of nitrogens with one attached hydrogen (secondary N) is 1. The lowest BCUT2D eigenvalue weighted by atomic mass is 9.92. The van der Waals surface area contributed by atoms with Crippen molar-refractivity contribution in [1.29, 1.82) is 0 Å². The number of cyclic esters (lactones) is 1. The smallest absolute Gasteiger partial charge is 0.440 e. The molecular formula is C22H36N6O6. The first-order valence-electron chi connectivity index (χ1n) is 12.4. The molecule has 1 atom stereocenters. The Morgan fingerprint density at radius 2 is 1.76 bits per heavy atom. The molecule has 0 saturated carbocycles. The highest BCUT2D eigenvalue weighted by molar-refractivity contribution is 5.69. The SMILES string of the molecule is O=C(O)CCCN1CCN(CC2CN(CCCC3CCN(c4noc(=O)[nH]4)CC3)C(=O)O2)CC1. The lowest BCUT2D eigenvalue weighted by Crippen LogP contribution is -2.49. The zero-order valence-corrected chi connectivity index (χ0v) is 19.7. The van der Waals surface area contributed by atoms with Crippen LogP contribution in [0.1, 0.15) is 38.5 Å². The van der Waals surface area contributed by atoms with Gasteiger partial charge in [-0.3, -0.25) is 19.2 Å². The molecule has 1 unspecified atom stereocenters. The van der Waals surface area contributed by atoms with Gasteiger partial charge >= 0.3 is 17.8 Å². The second-order valence-electron chi connectivity index (χ2n) is 9.58. The molecule has 3 aliphatic rings. The van der Waals surface area contributed by atoms with E-state index in [2.05, 4.69) is 24.5 Å². The van der Waals surface area contributed by atoms with Crippen LogP contribution in [0, 0.1) is 5.92 Å². The third-order valence-electron chi connectivity index (χ3n) is 7.12. The summed E-state index contributed by atoms with van der Waals surface area (Å²) in [7, 11) is 0. The number of amides is 1. The Morgan fingerprint density at radius 1 is 1.03 bits per heavy atom. The maximum Gasteiger partial charge on any atom is 0.440 e. The van der Waals surface area contributed by atoms with Gasteiger partial charge in [0.1, 0.15) is 6.10 Å². The van der Waals surface area contributed by atoms with Gasteiger partial charge in [0.2, 0.25) is 5.95 Å². The molecule has 3 aliphatic heterocycles. The zero-order valence-electron chi connectivity index (χ0n) is 19.7. The zero-order chi connectivity index (χ0) is 23.9. The second kappa shape index (κ2) is 11.7. The number of hydrogen-bond donors (Lipinski definition) is 2. The topological polar surface area (TPSA) is 135 Å². The monoisotopic (exact) mass is 480 g/mol. The Labute approximate surface area is 198 Å². The minimum Gasteiger partial charge on any atom is -0.481 e. The fraction of sp³-hybridized carbons (Fsp3) is 0.818. The summed E-state index contributed by atoms with van der Waals surface area (Å²) in [6.45, 7) is 8.33. The second-order valence-corrected chi connectivity index (χ2v) is 9.58. The molecule has 0 spiro atoms. The first kappa shape index (κ1) is 24.5. The molecule has 34 heavy (non-hydrogen) atoms. The highest BCUT2D eigenvalue weighted by Crippen LogP contribution is 2.24. The minimum absolute atomic E-state index is 0.0843. The molecule has 1 aromatic rings. The van der Waals surface area contributed by atoms with E-state index in [1.54, 1.807) is 0 Å². The molecule has 190 valence electrons. The van der Waals surface area contributed by atoms with Crippen molar-refractivity contribution in [3.05, 3.63) is 10.6 Å². The van der Waals surface area contributed by atoms with Gasteiger partial charge in [-0.2, -0.15) is 0 Å². The number of aromatic nitrogens is 2. The number of rotatable bonds is 11. The number of carboxylic acid groups (broad SMARTS) is 1. The van der Waals surface area contributed by atoms with Gasteiger partial charge < -0.3 is 24.5 Å². The van der Waals surface area contributed by atoms with E-state index in [1.165, 1.54) is 0 Å². The largest absolute Gasteiger partial charge is 0.481 e. The van der Waals surface area contributed by atoms with E-state index in [4.69, 9.17) is 9.84 Å². The highest BCUT2D eigenvalue weighted by Gasteiger charge is 2.33. The number of nitrogens with zero attached hydrogens (tertiary/aromatic N) is 5. The van der Waals surface area contributed by atoms with Crippen molar-refractivity contribution < 1.29 is 24.0 Å². The Kier molecular flexibility index (Phi) is 8.44. The number of aromatic amines is 1. The third kappa shape index (κ3) is 6.95. The predicted molar refractivity (Wildman–Crippen MR) is 123 cm³/mol. The summed E-state index contributed by atoms with van der Waals surface area (Å²) in [5, 5.41) is 12.5.